The maximum atomic E-state index is 11.9. The smallest absolute Gasteiger partial charge is 0.387 e. The molecule has 2 heterocycles. The zero-order valence-electron chi connectivity index (χ0n) is 15.0. The summed E-state index contributed by atoms with van der Waals surface area (Å²) in [6.45, 7) is -0.121. The summed E-state index contributed by atoms with van der Waals surface area (Å²) in [6.07, 6.45) is -5.00. The second-order valence-corrected chi connectivity index (χ2v) is 10.8. The molecule has 2 aliphatic rings. The van der Waals surface area contributed by atoms with E-state index < -0.39 is 66.1 Å². The zero-order valence-corrected chi connectivity index (χ0v) is 17.7. The number of rotatable bonds is 8. The molecule has 7 N–H and O–H groups in total. The summed E-state index contributed by atoms with van der Waals surface area (Å²) in [5.41, 5.74) is -2.12. The Morgan fingerprint density at radius 2 is 1.77 bits per heavy atom. The predicted octanol–water partition coefficient (Wildman–Crippen LogP) is -1.89. The van der Waals surface area contributed by atoms with Gasteiger partial charge in [0.2, 0.25) is 5.91 Å². The zero-order chi connectivity index (χ0) is 23.1. The largest absolute Gasteiger partial charge is 0.490 e. The van der Waals surface area contributed by atoms with E-state index in [9.17, 15) is 38.4 Å². The fraction of sp³-hybridized carbons (Fsp3) is 0.800. The molecule has 2 saturated heterocycles. The van der Waals surface area contributed by atoms with E-state index in [0.29, 0.717) is 0 Å². The maximum Gasteiger partial charge on any atom is 0.490 e. The number of imide groups is 1. The fourth-order valence-corrected chi connectivity index (χ4v) is 5.72. The first kappa shape index (κ1) is 25.5. The number of nitrogens with zero attached hydrogens (tertiary/aromatic N) is 1. The highest BCUT2D eigenvalue weighted by atomic mass is 31.3. The van der Waals surface area contributed by atoms with Gasteiger partial charge in [0.1, 0.15) is 17.8 Å². The lowest BCUT2D eigenvalue weighted by atomic mass is 9.96. The fourth-order valence-electron chi connectivity index (χ4n) is 2.69. The monoisotopic (exact) mass is 500 g/mol. The topological polar surface area (TPSA) is 259 Å². The van der Waals surface area contributed by atoms with Crippen LogP contribution in [-0.2, 0) is 36.4 Å². The van der Waals surface area contributed by atoms with Crippen LogP contribution in [-0.4, -0.2) is 83.8 Å². The summed E-state index contributed by atoms with van der Waals surface area (Å²) >= 11 is 0. The van der Waals surface area contributed by atoms with Crippen LogP contribution in [0.15, 0.2) is 0 Å². The van der Waals surface area contributed by atoms with Crippen LogP contribution >= 0.6 is 23.5 Å². The van der Waals surface area contributed by atoms with Crippen LogP contribution in [0.2, 0.25) is 0 Å². The van der Waals surface area contributed by atoms with E-state index in [1.54, 1.807) is 0 Å². The molecule has 0 radical (unpaired) electrons. The molecule has 0 aromatic heterocycles. The lowest BCUT2D eigenvalue weighted by Crippen LogP contribution is -2.60. The number of carbonyl (C=O) groups is 2. The molecule has 30 heavy (non-hydrogen) atoms. The first-order valence-electron chi connectivity index (χ1n) is 7.88. The molecule has 6 atom stereocenters. The average Bonchev–Trinajstić information content (AvgIpc) is 2.73. The number of ether oxygens (including phenoxy) is 1. The van der Waals surface area contributed by atoms with Gasteiger partial charge in [0.15, 0.2) is 6.23 Å². The number of hydrogen-bond acceptors (Lipinski definition) is 11. The Morgan fingerprint density at radius 3 is 2.30 bits per heavy atom. The van der Waals surface area contributed by atoms with Gasteiger partial charge in [-0.3, -0.25) is 19.5 Å². The minimum Gasteiger partial charge on any atom is -0.387 e. The third-order valence-corrected chi connectivity index (χ3v) is 7.75. The molecule has 2 fully saturated rings. The molecular formula is C10H19N2O15P3. The van der Waals surface area contributed by atoms with Crippen LogP contribution in [0.5, 0.6) is 0 Å². The number of aliphatic hydroxyl groups excluding tert-OH is 1. The van der Waals surface area contributed by atoms with E-state index in [1.165, 1.54) is 0 Å². The Bertz CT molecular complexity index is 841. The summed E-state index contributed by atoms with van der Waals surface area (Å²) in [5.74, 6) is -0.571. The van der Waals surface area contributed by atoms with E-state index >= 15 is 0 Å². The number of hydrogen-bond donors (Lipinski definition) is 7. The number of phosphoric ester groups is 1. The highest BCUT2D eigenvalue weighted by Gasteiger charge is 2.56. The highest BCUT2D eigenvalue weighted by Crippen LogP contribution is 2.66. The van der Waals surface area contributed by atoms with Crippen molar-refractivity contribution in [2.75, 3.05) is 13.2 Å². The molecule has 2 aliphatic heterocycles. The molecule has 0 aromatic carbocycles. The molecule has 0 bridgehead atoms. The number of carbonyl (C=O) groups excluding carboxylic acids is 2. The quantitative estimate of drug-likeness (QED) is 0.180. The first-order chi connectivity index (χ1) is 13.4. The van der Waals surface area contributed by atoms with Crippen molar-refractivity contribution < 1.29 is 71.0 Å². The molecule has 0 aromatic rings. The third-order valence-electron chi connectivity index (χ3n) is 3.94. The minimum atomic E-state index is -5.73. The van der Waals surface area contributed by atoms with Gasteiger partial charge >= 0.3 is 29.5 Å². The van der Waals surface area contributed by atoms with Crippen molar-refractivity contribution in [1.29, 1.82) is 0 Å². The van der Waals surface area contributed by atoms with Crippen molar-refractivity contribution in [1.82, 2.24) is 10.2 Å². The molecule has 20 heteroatoms. The van der Waals surface area contributed by atoms with Gasteiger partial charge < -0.3 is 34.5 Å². The second kappa shape index (κ2) is 8.64. The maximum absolute atomic E-state index is 11.9. The van der Waals surface area contributed by atoms with Crippen LogP contribution in [0.3, 0.4) is 0 Å². The lowest BCUT2D eigenvalue weighted by Gasteiger charge is -2.37. The van der Waals surface area contributed by atoms with Crippen LogP contribution < -0.4 is 5.32 Å². The Balaban J connectivity index is 2.04. The molecule has 3 unspecified atom stereocenters. The van der Waals surface area contributed by atoms with Gasteiger partial charge in [-0.05, 0) is 6.92 Å². The van der Waals surface area contributed by atoms with E-state index in [0.717, 1.165) is 11.8 Å². The summed E-state index contributed by atoms with van der Waals surface area (Å²) < 4.78 is 50.3. The molecule has 0 aliphatic carbocycles. The third kappa shape index (κ3) is 6.37. The number of nitrogens with one attached hydrogen (secondary N) is 1. The lowest BCUT2D eigenvalue weighted by molar-refractivity contribution is -0.134. The Morgan fingerprint density at radius 1 is 1.17 bits per heavy atom. The van der Waals surface area contributed by atoms with Gasteiger partial charge in [0.25, 0.3) is 0 Å². The molecular weight excluding hydrogens is 481 g/mol. The van der Waals surface area contributed by atoms with Crippen molar-refractivity contribution in [3.8, 4) is 0 Å². The number of urea groups is 1. The Labute approximate surface area is 168 Å². The Hall–Kier alpha value is -0.770. The van der Waals surface area contributed by atoms with Crippen LogP contribution in [0, 0.1) is 0 Å². The summed E-state index contributed by atoms with van der Waals surface area (Å²) in [4.78, 5) is 59.5. The van der Waals surface area contributed by atoms with Gasteiger partial charge in [0.05, 0.1) is 6.61 Å². The van der Waals surface area contributed by atoms with Gasteiger partial charge in [-0.25, -0.2) is 18.5 Å². The van der Waals surface area contributed by atoms with Crippen molar-refractivity contribution in [2.45, 2.75) is 37.4 Å². The van der Waals surface area contributed by atoms with Crippen LogP contribution in [0.1, 0.15) is 13.3 Å². The van der Waals surface area contributed by atoms with Gasteiger partial charge in [-0.15, -0.1) is 0 Å². The molecule has 17 nitrogen and oxygen atoms in total. The molecule has 174 valence electrons. The van der Waals surface area contributed by atoms with Gasteiger partial charge in [0, 0.05) is 13.0 Å². The molecule has 2 rings (SSSR count). The van der Waals surface area contributed by atoms with E-state index in [1.807, 2.05) is 5.32 Å². The SMILES string of the molecule is C[C@@]1(O)C(O)[C@@H](COP(=O)(O)OP(=O)(O)OP(=O)(O)O)O[C@H]1N1CCC(=O)NC1=O. The molecule has 0 spiro atoms. The molecule has 3 amide bonds. The van der Waals surface area contributed by atoms with Crippen molar-refractivity contribution in [3.05, 3.63) is 0 Å². The van der Waals surface area contributed by atoms with Crippen molar-refractivity contribution >= 4 is 35.4 Å². The van der Waals surface area contributed by atoms with E-state index in [4.69, 9.17) is 19.4 Å². The van der Waals surface area contributed by atoms with Gasteiger partial charge in [-0.1, -0.05) is 0 Å². The van der Waals surface area contributed by atoms with Crippen molar-refractivity contribution in [3.63, 3.8) is 0 Å². The highest BCUT2D eigenvalue weighted by molar-refractivity contribution is 7.66. The van der Waals surface area contributed by atoms with Crippen molar-refractivity contribution in [2.24, 2.45) is 0 Å². The first-order valence-corrected chi connectivity index (χ1v) is 12.4. The Kier molecular flexibility index (Phi) is 7.34. The summed E-state index contributed by atoms with van der Waals surface area (Å²) in [7, 11) is -16.8. The summed E-state index contributed by atoms with van der Waals surface area (Å²) in [6, 6.07) is -0.919. The second-order valence-electron chi connectivity index (χ2n) is 6.38. The normalized spacial score (nSPS) is 34.4. The van der Waals surface area contributed by atoms with E-state index in [2.05, 4.69) is 13.1 Å². The van der Waals surface area contributed by atoms with Crippen LogP contribution in [0.4, 0.5) is 4.79 Å². The standard InChI is InChI=1S/C10H19N2O15P3/c1-10(16)7(14)5(25-8(10)12-3-2-6(13)11-9(12)15)4-24-29(20,21)27-30(22,23)26-28(17,18)19/h5,7-8,14,16H,2-4H2,1H3,(H,20,21)(H,22,23)(H,11,13,15)(H2,17,18,19)/t5-,7?,8-,10-/m1/s1. The van der Waals surface area contributed by atoms with E-state index in [-0.39, 0.29) is 13.0 Å². The molecule has 0 saturated carbocycles. The minimum absolute atomic E-state index is 0.121. The summed E-state index contributed by atoms with van der Waals surface area (Å²) in [5, 5.41) is 22.7. The predicted molar refractivity (Wildman–Crippen MR) is 90.0 cm³/mol. The number of amides is 3. The number of aliphatic hydroxyl groups is 2. The van der Waals surface area contributed by atoms with Crippen LogP contribution in [0.25, 0.3) is 0 Å². The number of phosphoric acid groups is 3. The average molecular weight is 500 g/mol. The van der Waals surface area contributed by atoms with Gasteiger partial charge in [-0.2, -0.15) is 8.62 Å².